The molecule has 10 nitrogen and oxygen atoms in total. The number of carbonyl (C=O) groups is 2. The molecule has 0 unspecified atom stereocenters. The first-order chi connectivity index (χ1) is 15.3. The van der Waals surface area contributed by atoms with E-state index >= 15 is 0 Å². The first-order valence-corrected chi connectivity index (χ1v) is 9.39. The van der Waals surface area contributed by atoms with Crippen LogP contribution < -0.4 is 15.1 Å². The Bertz CT molecular complexity index is 1030. The largest absolute Gasteiger partial charge is 0.497 e. The molecule has 2 aromatic rings. The highest BCUT2D eigenvalue weighted by Crippen LogP contribution is 2.25. The number of hydroxylamine groups is 1. The maximum Gasteiger partial charge on any atom is 0.493 e. The number of urea groups is 1. The summed E-state index contributed by atoms with van der Waals surface area (Å²) in [7, 11) is 1.44. The molecule has 0 bridgehead atoms. The van der Waals surface area contributed by atoms with Crippen molar-refractivity contribution in [1.82, 2.24) is 15.1 Å². The smallest absolute Gasteiger partial charge is 0.493 e. The predicted octanol–water partition coefficient (Wildman–Crippen LogP) is 3.68. The van der Waals surface area contributed by atoms with Gasteiger partial charge in [0.2, 0.25) is 5.82 Å². The Morgan fingerprint density at radius 1 is 1.15 bits per heavy atom. The van der Waals surface area contributed by atoms with Crippen LogP contribution in [0.1, 0.15) is 26.6 Å². The summed E-state index contributed by atoms with van der Waals surface area (Å²) in [5.41, 5.74) is -0.439. The van der Waals surface area contributed by atoms with Crippen LogP contribution in [-0.2, 0) is 9.63 Å². The third-order valence-electron chi connectivity index (χ3n) is 3.76. The lowest BCUT2D eigenvalue weighted by atomic mass is 9.97. The zero-order valence-corrected chi connectivity index (χ0v) is 18.2. The third-order valence-corrected chi connectivity index (χ3v) is 3.76. The molecule has 1 N–H and O–H groups in total. The van der Waals surface area contributed by atoms with Crippen molar-refractivity contribution >= 4 is 23.5 Å². The number of nitriles is 1. The zero-order valence-electron chi connectivity index (χ0n) is 18.2. The molecule has 0 saturated heterocycles. The lowest BCUT2D eigenvalue weighted by molar-refractivity contribution is -0.229. The Hall–Kier alpha value is -4.08. The Labute approximate surface area is 187 Å². The van der Waals surface area contributed by atoms with Crippen molar-refractivity contribution in [3.8, 4) is 11.8 Å². The van der Waals surface area contributed by atoms with Gasteiger partial charge in [-0.3, -0.25) is 0 Å². The van der Waals surface area contributed by atoms with E-state index in [1.165, 1.54) is 43.6 Å². The number of rotatable bonds is 5. The molecule has 0 spiro atoms. The van der Waals surface area contributed by atoms with Crippen LogP contribution in [0.5, 0.6) is 5.75 Å². The van der Waals surface area contributed by atoms with Gasteiger partial charge >= 0.3 is 18.2 Å². The van der Waals surface area contributed by atoms with Crippen LogP contribution in [0, 0.1) is 16.7 Å². The van der Waals surface area contributed by atoms with E-state index < -0.39 is 23.6 Å². The fourth-order valence-corrected chi connectivity index (χ4v) is 2.41. The fraction of sp³-hybridized carbons (Fsp3) is 0.350. The SMILES string of the molecule is COc1ccc(NC(=O)N(OC(=O)C(F)(F)F)N(CC(C)(C)C)c2ccnc(C#N)n2)cc1. The first-order valence-electron chi connectivity index (χ1n) is 9.39. The minimum atomic E-state index is -5.38. The van der Waals surface area contributed by atoms with Gasteiger partial charge in [-0.15, -0.1) is 0 Å². The number of nitrogens with zero attached hydrogens (tertiary/aromatic N) is 5. The van der Waals surface area contributed by atoms with Crippen molar-refractivity contribution in [3.63, 3.8) is 0 Å². The molecule has 1 aromatic carbocycles. The molecule has 0 fully saturated rings. The van der Waals surface area contributed by atoms with Crippen LogP contribution in [0.3, 0.4) is 0 Å². The normalized spacial score (nSPS) is 11.2. The molecule has 176 valence electrons. The summed E-state index contributed by atoms with van der Waals surface area (Å²) in [6.45, 7) is 5.07. The van der Waals surface area contributed by atoms with Crippen LogP contribution in [-0.4, -0.2) is 47.0 Å². The van der Waals surface area contributed by atoms with Crippen LogP contribution >= 0.6 is 0 Å². The maximum atomic E-state index is 13.0. The van der Waals surface area contributed by atoms with E-state index in [9.17, 15) is 22.8 Å². The minimum Gasteiger partial charge on any atom is -0.497 e. The highest BCUT2D eigenvalue weighted by Gasteiger charge is 2.45. The molecule has 0 radical (unpaired) electrons. The molecule has 0 aliphatic rings. The van der Waals surface area contributed by atoms with Gasteiger partial charge in [-0.05, 0) is 34.9 Å². The number of methoxy groups -OCH3 is 1. The van der Waals surface area contributed by atoms with Crippen LogP contribution in [0.4, 0.5) is 29.5 Å². The van der Waals surface area contributed by atoms with Crippen molar-refractivity contribution in [3.05, 3.63) is 42.4 Å². The third kappa shape index (κ3) is 7.23. The van der Waals surface area contributed by atoms with E-state index in [1.807, 2.05) is 0 Å². The number of hydrogen-bond donors (Lipinski definition) is 1. The van der Waals surface area contributed by atoms with Crippen molar-refractivity contribution in [2.75, 3.05) is 24.0 Å². The molecule has 0 saturated carbocycles. The minimum absolute atomic E-state index is 0.120. The van der Waals surface area contributed by atoms with E-state index in [2.05, 4.69) is 20.1 Å². The Balaban J connectivity index is 2.50. The predicted molar refractivity (Wildman–Crippen MR) is 110 cm³/mol. The number of anilines is 2. The average molecular weight is 466 g/mol. The van der Waals surface area contributed by atoms with Gasteiger partial charge in [-0.25, -0.2) is 19.6 Å². The maximum absolute atomic E-state index is 13.0. The topological polar surface area (TPSA) is 121 Å². The summed E-state index contributed by atoms with van der Waals surface area (Å²) in [6.07, 6.45) is -4.20. The van der Waals surface area contributed by atoms with Gasteiger partial charge in [-0.2, -0.15) is 23.4 Å². The molecule has 13 heteroatoms. The van der Waals surface area contributed by atoms with E-state index in [0.717, 1.165) is 5.01 Å². The summed E-state index contributed by atoms with van der Waals surface area (Å²) in [6, 6.07) is 7.63. The molecule has 2 rings (SSSR count). The Morgan fingerprint density at radius 2 is 1.79 bits per heavy atom. The van der Waals surface area contributed by atoms with E-state index in [1.54, 1.807) is 26.8 Å². The molecule has 33 heavy (non-hydrogen) atoms. The average Bonchev–Trinajstić information content (AvgIpc) is 2.75. The van der Waals surface area contributed by atoms with Gasteiger partial charge in [-0.1, -0.05) is 20.8 Å². The molecule has 0 atom stereocenters. The summed E-state index contributed by atoms with van der Waals surface area (Å²) >= 11 is 0. The molecular weight excluding hydrogens is 445 g/mol. The summed E-state index contributed by atoms with van der Waals surface area (Å²) < 4.78 is 43.9. The number of halogens is 3. The number of nitrogens with one attached hydrogen (secondary N) is 1. The number of aromatic nitrogens is 2. The van der Waals surface area contributed by atoms with Gasteiger partial charge in [0.15, 0.2) is 5.82 Å². The quantitative estimate of drug-likeness (QED) is 0.663. The van der Waals surface area contributed by atoms with Gasteiger partial charge in [0, 0.05) is 24.5 Å². The Kier molecular flexibility index (Phi) is 7.65. The lowest BCUT2D eigenvalue weighted by Crippen LogP contribution is -2.54. The summed E-state index contributed by atoms with van der Waals surface area (Å²) in [5, 5.41) is 12.5. The molecular formula is C20H21F3N6O4. The molecule has 0 aliphatic carbocycles. The van der Waals surface area contributed by atoms with Gasteiger partial charge in [0.25, 0.3) is 0 Å². The van der Waals surface area contributed by atoms with Crippen molar-refractivity contribution < 1.29 is 32.3 Å². The van der Waals surface area contributed by atoms with E-state index in [0.29, 0.717) is 5.75 Å². The molecule has 0 aliphatic heterocycles. The van der Waals surface area contributed by atoms with Crippen molar-refractivity contribution in [2.24, 2.45) is 5.41 Å². The van der Waals surface area contributed by atoms with Gasteiger partial charge < -0.3 is 14.9 Å². The number of hydrogen-bond acceptors (Lipinski definition) is 8. The van der Waals surface area contributed by atoms with Crippen LogP contribution in [0.25, 0.3) is 0 Å². The van der Waals surface area contributed by atoms with Crippen LogP contribution in [0.15, 0.2) is 36.5 Å². The second-order valence-electron chi connectivity index (χ2n) is 7.78. The number of carbonyl (C=O) groups excluding carboxylic acids is 2. The molecule has 1 aromatic heterocycles. The number of ether oxygens (including phenoxy) is 1. The number of alkyl halides is 3. The monoisotopic (exact) mass is 466 g/mol. The number of hydrazine groups is 1. The zero-order chi connectivity index (χ0) is 24.8. The van der Waals surface area contributed by atoms with E-state index in [-0.39, 0.29) is 29.0 Å². The van der Waals surface area contributed by atoms with Gasteiger partial charge in [0.1, 0.15) is 11.8 Å². The fourth-order valence-electron chi connectivity index (χ4n) is 2.41. The second kappa shape index (κ2) is 10.0. The lowest BCUT2D eigenvalue weighted by Gasteiger charge is -2.36. The highest BCUT2D eigenvalue weighted by atomic mass is 19.4. The Morgan fingerprint density at radius 3 is 2.30 bits per heavy atom. The standard InChI is InChI=1S/C20H21F3N6O4/c1-19(2,3)12-28(16-9-10-25-15(11-24)27-16)29(33-17(30)20(21,22)23)18(31)26-13-5-7-14(32-4)8-6-13/h5-10H,12H2,1-4H3,(H,26,31). The van der Waals surface area contributed by atoms with E-state index in [4.69, 9.17) is 10.00 Å². The number of benzene rings is 1. The van der Waals surface area contributed by atoms with Crippen LogP contribution in [0.2, 0.25) is 0 Å². The first kappa shape index (κ1) is 25.2. The molecule has 1 heterocycles. The molecule has 2 amide bonds. The van der Waals surface area contributed by atoms with Gasteiger partial charge in [0.05, 0.1) is 7.11 Å². The summed E-state index contributed by atoms with van der Waals surface area (Å²) in [5.74, 6) is -2.59. The number of amides is 2. The van der Waals surface area contributed by atoms with Crippen molar-refractivity contribution in [2.45, 2.75) is 26.9 Å². The highest BCUT2D eigenvalue weighted by molar-refractivity contribution is 5.91. The second-order valence-corrected chi connectivity index (χ2v) is 7.78. The summed E-state index contributed by atoms with van der Waals surface area (Å²) in [4.78, 5) is 36.7. The van der Waals surface area contributed by atoms with Crippen molar-refractivity contribution in [1.29, 1.82) is 5.26 Å².